The number of unbranched alkanes of at least 4 members (excludes halogenated alkanes) is 3. The van der Waals surface area contributed by atoms with Crippen LogP contribution in [-0.2, 0) is 4.79 Å². The first-order valence-corrected chi connectivity index (χ1v) is 7.89. The second kappa shape index (κ2) is 10.2. The molecule has 0 aliphatic rings. The minimum Gasteiger partial charge on any atom is -0.375 e. The summed E-state index contributed by atoms with van der Waals surface area (Å²) in [6, 6.07) is 10.6. The normalized spacial score (nSPS) is 11.7. The van der Waals surface area contributed by atoms with Crippen molar-refractivity contribution in [2.24, 2.45) is 5.73 Å². The van der Waals surface area contributed by atoms with Gasteiger partial charge in [-0.1, -0.05) is 56.5 Å². The first kappa shape index (κ1) is 17.4. The Kier molecular flexibility index (Phi) is 8.43. The molecular formula is C16H25N3OS. The number of carbonyl (C=O) groups excluding carboxylic acids is 1. The van der Waals surface area contributed by atoms with E-state index in [9.17, 15) is 4.79 Å². The van der Waals surface area contributed by atoms with Crippen LogP contribution in [0, 0.1) is 0 Å². The van der Waals surface area contributed by atoms with Gasteiger partial charge in [0.25, 0.3) is 0 Å². The Bertz CT molecular complexity index is 436. The van der Waals surface area contributed by atoms with Crippen molar-refractivity contribution in [2.45, 2.75) is 51.4 Å². The largest absolute Gasteiger partial charge is 0.375 e. The molecule has 0 aliphatic carbocycles. The summed E-state index contributed by atoms with van der Waals surface area (Å²) < 4.78 is 0. The number of nitrogens with one attached hydrogen (secondary N) is 2. The fourth-order valence-electron chi connectivity index (χ4n) is 2.23. The second-order valence-corrected chi connectivity index (χ2v) is 5.74. The maximum atomic E-state index is 11.4. The molecule has 0 saturated heterocycles. The van der Waals surface area contributed by atoms with Crippen molar-refractivity contribution in [3.8, 4) is 0 Å². The van der Waals surface area contributed by atoms with Gasteiger partial charge in [0.2, 0.25) is 5.91 Å². The molecule has 5 heteroatoms. The third kappa shape index (κ3) is 8.30. The van der Waals surface area contributed by atoms with Crippen molar-refractivity contribution >= 4 is 23.2 Å². The van der Waals surface area contributed by atoms with E-state index in [1.54, 1.807) is 0 Å². The molecule has 0 bridgehead atoms. The van der Waals surface area contributed by atoms with Gasteiger partial charge in [-0.05, 0) is 36.5 Å². The standard InChI is InChI=1S/C16H25N3OS/c1-13(14-10-6-4-7-11-14)9-5-2-3-8-12-15(20)18-19-16(17)21/h4,6-7,10-11,13H,2-3,5,8-9,12H2,1H3,(H,18,20)(H3,17,19,21). The fourth-order valence-corrected chi connectivity index (χ4v) is 2.28. The number of hydrogen-bond acceptors (Lipinski definition) is 2. The summed E-state index contributed by atoms with van der Waals surface area (Å²) in [5.74, 6) is 0.532. The van der Waals surface area contributed by atoms with Crippen LogP contribution in [0.25, 0.3) is 0 Å². The molecule has 1 amide bonds. The van der Waals surface area contributed by atoms with E-state index in [2.05, 4.69) is 54.3 Å². The molecule has 0 aromatic heterocycles. The summed E-state index contributed by atoms with van der Waals surface area (Å²) >= 11 is 4.60. The molecule has 1 unspecified atom stereocenters. The molecule has 1 aromatic rings. The minimum absolute atomic E-state index is 0.0690. The number of amides is 1. The SMILES string of the molecule is CC(CCCCCCC(=O)NNC(N)=S)c1ccccc1. The summed E-state index contributed by atoms with van der Waals surface area (Å²) in [5.41, 5.74) is 11.5. The van der Waals surface area contributed by atoms with Crippen LogP contribution < -0.4 is 16.6 Å². The number of thiocarbonyl (C=S) groups is 1. The number of hydrogen-bond donors (Lipinski definition) is 3. The first-order chi connectivity index (χ1) is 10.1. The molecule has 4 N–H and O–H groups in total. The average Bonchev–Trinajstić information content (AvgIpc) is 2.49. The van der Waals surface area contributed by atoms with E-state index < -0.39 is 0 Å². The Labute approximate surface area is 132 Å². The zero-order valence-corrected chi connectivity index (χ0v) is 13.4. The van der Waals surface area contributed by atoms with E-state index in [0.29, 0.717) is 12.3 Å². The van der Waals surface area contributed by atoms with Gasteiger partial charge in [0, 0.05) is 6.42 Å². The number of rotatable bonds is 8. The molecule has 1 aromatic carbocycles. The van der Waals surface area contributed by atoms with E-state index >= 15 is 0 Å². The summed E-state index contributed by atoms with van der Waals surface area (Å²) in [5, 5.41) is 0.0817. The molecule has 0 fully saturated rings. The lowest BCUT2D eigenvalue weighted by molar-refractivity contribution is -0.121. The molecule has 4 nitrogen and oxygen atoms in total. The van der Waals surface area contributed by atoms with Gasteiger partial charge in [-0.25, -0.2) is 0 Å². The maximum absolute atomic E-state index is 11.4. The predicted molar refractivity (Wildman–Crippen MR) is 90.6 cm³/mol. The molecule has 116 valence electrons. The molecule has 0 radical (unpaired) electrons. The van der Waals surface area contributed by atoms with Crippen LogP contribution in [0.3, 0.4) is 0 Å². The van der Waals surface area contributed by atoms with Gasteiger partial charge in [0.15, 0.2) is 5.11 Å². The van der Waals surface area contributed by atoms with Crippen LogP contribution in [0.5, 0.6) is 0 Å². The summed E-state index contributed by atoms with van der Waals surface area (Å²) in [6.45, 7) is 2.27. The fraction of sp³-hybridized carbons (Fsp3) is 0.500. The molecule has 0 heterocycles. The zero-order chi connectivity index (χ0) is 15.5. The summed E-state index contributed by atoms with van der Waals surface area (Å²) in [4.78, 5) is 11.4. The van der Waals surface area contributed by atoms with Gasteiger partial charge in [0.1, 0.15) is 0 Å². The summed E-state index contributed by atoms with van der Waals surface area (Å²) in [6.07, 6.45) is 6.02. The highest BCUT2D eigenvalue weighted by Crippen LogP contribution is 2.21. The highest BCUT2D eigenvalue weighted by molar-refractivity contribution is 7.80. The molecule has 0 saturated carbocycles. The average molecular weight is 307 g/mol. The number of hydrazine groups is 1. The highest BCUT2D eigenvalue weighted by atomic mass is 32.1. The van der Waals surface area contributed by atoms with Crippen LogP contribution in [0.1, 0.15) is 56.9 Å². The lowest BCUT2D eigenvalue weighted by Crippen LogP contribution is -2.44. The van der Waals surface area contributed by atoms with Crippen LogP contribution in [-0.4, -0.2) is 11.0 Å². The third-order valence-corrected chi connectivity index (χ3v) is 3.59. The quantitative estimate of drug-likeness (QED) is 0.392. The van der Waals surface area contributed by atoms with Gasteiger partial charge in [-0.2, -0.15) is 0 Å². The molecule has 21 heavy (non-hydrogen) atoms. The number of benzene rings is 1. The van der Waals surface area contributed by atoms with Crippen LogP contribution in [0.4, 0.5) is 0 Å². The summed E-state index contributed by atoms with van der Waals surface area (Å²) in [7, 11) is 0. The van der Waals surface area contributed by atoms with Crippen molar-refractivity contribution in [3.63, 3.8) is 0 Å². The Morgan fingerprint density at radius 2 is 1.81 bits per heavy atom. The molecule has 0 spiro atoms. The van der Waals surface area contributed by atoms with Gasteiger partial charge in [-0.3, -0.25) is 15.6 Å². The first-order valence-electron chi connectivity index (χ1n) is 7.49. The van der Waals surface area contributed by atoms with E-state index in [1.165, 1.54) is 18.4 Å². The van der Waals surface area contributed by atoms with E-state index in [1.807, 2.05) is 6.07 Å². The lowest BCUT2D eigenvalue weighted by atomic mass is 9.95. The minimum atomic E-state index is -0.0690. The van der Waals surface area contributed by atoms with Gasteiger partial charge in [0.05, 0.1) is 0 Å². The zero-order valence-electron chi connectivity index (χ0n) is 12.6. The van der Waals surface area contributed by atoms with Crippen LogP contribution in [0.15, 0.2) is 30.3 Å². The monoisotopic (exact) mass is 307 g/mol. The van der Waals surface area contributed by atoms with Crippen LogP contribution >= 0.6 is 12.2 Å². The van der Waals surface area contributed by atoms with Crippen molar-refractivity contribution in [1.82, 2.24) is 10.9 Å². The smallest absolute Gasteiger partial charge is 0.238 e. The van der Waals surface area contributed by atoms with Gasteiger partial charge >= 0.3 is 0 Å². The van der Waals surface area contributed by atoms with Crippen molar-refractivity contribution < 1.29 is 4.79 Å². The third-order valence-electron chi connectivity index (χ3n) is 3.48. The van der Waals surface area contributed by atoms with E-state index in [0.717, 1.165) is 19.3 Å². The molecule has 1 atom stereocenters. The van der Waals surface area contributed by atoms with Crippen LogP contribution in [0.2, 0.25) is 0 Å². The van der Waals surface area contributed by atoms with E-state index in [4.69, 9.17) is 5.73 Å². The Hall–Kier alpha value is -1.62. The highest BCUT2D eigenvalue weighted by Gasteiger charge is 2.05. The number of carbonyl (C=O) groups is 1. The van der Waals surface area contributed by atoms with Crippen molar-refractivity contribution in [2.75, 3.05) is 0 Å². The number of nitrogens with two attached hydrogens (primary N) is 1. The molecular weight excluding hydrogens is 282 g/mol. The lowest BCUT2D eigenvalue weighted by Gasteiger charge is -2.11. The van der Waals surface area contributed by atoms with Crippen molar-refractivity contribution in [3.05, 3.63) is 35.9 Å². The van der Waals surface area contributed by atoms with E-state index in [-0.39, 0.29) is 11.0 Å². The topological polar surface area (TPSA) is 67.2 Å². The van der Waals surface area contributed by atoms with Crippen molar-refractivity contribution in [1.29, 1.82) is 0 Å². The Morgan fingerprint density at radius 3 is 2.48 bits per heavy atom. The maximum Gasteiger partial charge on any atom is 0.238 e. The predicted octanol–water partition coefficient (Wildman–Crippen LogP) is 3.00. The van der Waals surface area contributed by atoms with Gasteiger partial charge in [-0.15, -0.1) is 0 Å². The van der Waals surface area contributed by atoms with Gasteiger partial charge < -0.3 is 5.73 Å². The second-order valence-electron chi connectivity index (χ2n) is 5.30. The molecule has 0 aliphatic heterocycles. The Balaban J connectivity index is 2.02. The molecule has 1 rings (SSSR count). The Morgan fingerprint density at radius 1 is 1.14 bits per heavy atom.